The number of rotatable bonds is 5. The molecule has 0 saturated heterocycles. The fourth-order valence-electron chi connectivity index (χ4n) is 1.41. The summed E-state index contributed by atoms with van der Waals surface area (Å²) in [7, 11) is 0. The number of aryl methyl sites for hydroxylation is 1. The summed E-state index contributed by atoms with van der Waals surface area (Å²) in [5.41, 5.74) is 0. The van der Waals surface area contributed by atoms with E-state index in [1.165, 1.54) is 6.26 Å². The molecule has 0 spiro atoms. The van der Waals surface area contributed by atoms with E-state index in [1.54, 1.807) is 25.1 Å². The van der Waals surface area contributed by atoms with Crippen molar-refractivity contribution in [2.45, 2.75) is 13.5 Å². The lowest BCUT2D eigenvalue weighted by atomic mass is 10.4. The van der Waals surface area contributed by atoms with Gasteiger partial charge in [0.05, 0.1) is 19.4 Å². The maximum atomic E-state index is 11.5. The van der Waals surface area contributed by atoms with Crippen molar-refractivity contribution >= 4 is 17.8 Å². The zero-order valence-electron chi connectivity index (χ0n) is 10.8. The van der Waals surface area contributed by atoms with Crippen molar-refractivity contribution in [2.75, 3.05) is 11.9 Å². The minimum Gasteiger partial charge on any atom is -0.467 e. The second-order valence-electron chi connectivity index (χ2n) is 3.99. The number of carbonyl (C=O) groups excluding carboxylic acids is 2. The summed E-state index contributed by atoms with van der Waals surface area (Å²) >= 11 is 0. The van der Waals surface area contributed by atoms with Crippen LogP contribution in [0.2, 0.25) is 0 Å². The van der Waals surface area contributed by atoms with Crippen molar-refractivity contribution in [1.82, 2.24) is 15.8 Å². The number of nitrogens with zero attached hydrogens (tertiary/aromatic N) is 1. The summed E-state index contributed by atoms with van der Waals surface area (Å²) in [6.45, 7) is 1.83. The van der Waals surface area contributed by atoms with Crippen LogP contribution in [0.25, 0.3) is 0 Å². The van der Waals surface area contributed by atoms with Crippen molar-refractivity contribution in [3.63, 3.8) is 0 Å². The Kier molecular flexibility index (Phi) is 4.38. The molecular formula is C12H14N4O4. The van der Waals surface area contributed by atoms with Crippen molar-refractivity contribution < 1.29 is 18.5 Å². The zero-order valence-corrected chi connectivity index (χ0v) is 10.8. The van der Waals surface area contributed by atoms with Gasteiger partial charge >= 0.3 is 6.03 Å². The van der Waals surface area contributed by atoms with Crippen LogP contribution in [0.1, 0.15) is 11.5 Å². The first kappa shape index (κ1) is 13.7. The normalized spacial score (nSPS) is 10.1. The van der Waals surface area contributed by atoms with Crippen molar-refractivity contribution in [1.29, 1.82) is 0 Å². The third-order valence-corrected chi connectivity index (χ3v) is 2.32. The van der Waals surface area contributed by atoms with Crippen LogP contribution >= 0.6 is 0 Å². The Labute approximate surface area is 114 Å². The molecule has 106 valence electrons. The average Bonchev–Trinajstić information content (AvgIpc) is 3.06. The molecule has 3 amide bonds. The molecule has 0 atom stereocenters. The quantitative estimate of drug-likeness (QED) is 0.756. The van der Waals surface area contributed by atoms with Gasteiger partial charge in [-0.3, -0.25) is 10.1 Å². The van der Waals surface area contributed by atoms with Crippen LogP contribution in [0.4, 0.5) is 10.6 Å². The van der Waals surface area contributed by atoms with E-state index in [0.29, 0.717) is 11.5 Å². The van der Waals surface area contributed by atoms with E-state index >= 15 is 0 Å². The van der Waals surface area contributed by atoms with Gasteiger partial charge in [-0.2, -0.15) is 0 Å². The maximum absolute atomic E-state index is 11.5. The number of hydrogen-bond acceptors (Lipinski definition) is 5. The Morgan fingerprint density at radius 2 is 2.20 bits per heavy atom. The van der Waals surface area contributed by atoms with E-state index in [0.717, 1.165) is 0 Å². The van der Waals surface area contributed by atoms with E-state index in [1.807, 2.05) is 0 Å². The van der Waals surface area contributed by atoms with Crippen LogP contribution < -0.4 is 16.0 Å². The van der Waals surface area contributed by atoms with Crippen LogP contribution in [-0.4, -0.2) is 23.6 Å². The minimum absolute atomic E-state index is 0.149. The fraction of sp³-hybridized carbons (Fsp3) is 0.250. The second-order valence-corrected chi connectivity index (χ2v) is 3.99. The number of amides is 3. The van der Waals surface area contributed by atoms with Crippen LogP contribution in [0.15, 0.2) is 33.4 Å². The third kappa shape index (κ3) is 4.16. The molecule has 20 heavy (non-hydrogen) atoms. The lowest BCUT2D eigenvalue weighted by Gasteiger charge is -2.05. The third-order valence-electron chi connectivity index (χ3n) is 2.32. The SMILES string of the molecule is Cc1cc(NC(=O)NCC(=O)NCc2ccco2)no1. The average molecular weight is 278 g/mol. The number of aromatic nitrogens is 1. The molecule has 0 bridgehead atoms. The summed E-state index contributed by atoms with van der Waals surface area (Å²) in [5, 5.41) is 11.0. The monoisotopic (exact) mass is 278 g/mol. The standard InChI is InChI=1S/C12H14N4O4/c1-8-5-10(16-20-8)15-12(18)14-7-11(17)13-6-9-3-2-4-19-9/h2-5H,6-7H2,1H3,(H,13,17)(H2,14,15,16,18). The molecule has 8 nitrogen and oxygen atoms in total. The molecule has 0 saturated carbocycles. The minimum atomic E-state index is -0.536. The van der Waals surface area contributed by atoms with Gasteiger partial charge in [-0.15, -0.1) is 0 Å². The molecule has 2 heterocycles. The predicted molar refractivity (Wildman–Crippen MR) is 68.8 cm³/mol. The molecule has 3 N–H and O–H groups in total. The molecule has 0 aliphatic rings. The van der Waals surface area contributed by atoms with Crippen molar-refractivity contribution in [3.05, 3.63) is 36.0 Å². The molecule has 2 rings (SSSR count). The molecular weight excluding hydrogens is 264 g/mol. The summed E-state index contributed by atoms with van der Waals surface area (Å²) in [4.78, 5) is 22.9. The molecule has 2 aromatic heterocycles. The van der Waals surface area contributed by atoms with Crippen molar-refractivity contribution in [3.8, 4) is 0 Å². The largest absolute Gasteiger partial charge is 0.467 e. The van der Waals surface area contributed by atoms with Gasteiger partial charge in [0.2, 0.25) is 5.91 Å². The Hall–Kier alpha value is -2.77. The topological polar surface area (TPSA) is 109 Å². The van der Waals surface area contributed by atoms with Crippen LogP contribution in [0, 0.1) is 6.92 Å². The number of anilines is 1. The molecule has 0 unspecified atom stereocenters. The first-order chi connectivity index (χ1) is 9.63. The first-order valence-corrected chi connectivity index (χ1v) is 5.91. The van der Waals surface area contributed by atoms with E-state index in [-0.39, 0.29) is 24.8 Å². The highest BCUT2D eigenvalue weighted by molar-refractivity contribution is 5.91. The Bertz CT molecular complexity index is 576. The predicted octanol–water partition coefficient (Wildman–Crippen LogP) is 1.01. The zero-order chi connectivity index (χ0) is 14.4. The van der Waals surface area contributed by atoms with E-state index < -0.39 is 6.03 Å². The summed E-state index contributed by atoms with van der Waals surface area (Å²) in [6, 6.07) is 4.50. The summed E-state index contributed by atoms with van der Waals surface area (Å²) < 4.78 is 9.85. The highest BCUT2D eigenvalue weighted by atomic mass is 16.5. The highest BCUT2D eigenvalue weighted by Gasteiger charge is 2.08. The number of urea groups is 1. The smallest absolute Gasteiger partial charge is 0.320 e. The van der Waals surface area contributed by atoms with Gasteiger partial charge in [0.15, 0.2) is 5.82 Å². The molecule has 0 aliphatic carbocycles. The van der Waals surface area contributed by atoms with Gasteiger partial charge < -0.3 is 19.6 Å². The number of hydrogen-bond donors (Lipinski definition) is 3. The van der Waals surface area contributed by atoms with E-state index in [2.05, 4.69) is 21.1 Å². The molecule has 8 heteroatoms. The Morgan fingerprint density at radius 3 is 2.85 bits per heavy atom. The number of furan rings is 1. The lowest BCUT2D eigenvalue weighted by molar-refractivity contribution is -0.120. The van der Waals surface area contributed by atoms with Gasteiger partial charge in [-0.1, -0.05) is 5.16 Å². The fourth-order valence-corrected chi connectivity index (χ4v) is 1.41. The Morgan fingerprint density at radius 1 is 1.35 bits per heavy atom. The molecule has 0 radical (unpaired) electrons. The van der Waals surface area contributed by atoms with Gasteiger partial charge in [-0.05, 0) is 19.1 Å². The van der Waals surface area contributed by atoms with Crippen LogP contribution in [-0.2, 0) is 11.3 Å². The Balaban J connectivity index is 1.66. The lowest BCUT2D eigenvalue weighted by Crippen LogP contribution is -2.38. The maximum Gasteiger partial charge on any atom is 0.320 e. The van der Waals surface area contributed by atoms with E-state index in [9.17, 15) is 9.59 Å². The van der Waals surface area contributed by atoms with Gasteiger partial charge in [-0.25, -0.2) is 4.79 Å². The second kappa shape index (κ2) is 6.41. The van der Waals surface area contributed by atoms with E-state index in [4.69, 9.17) is 8.94 Å². The van der Waals surface area contributed by atoms with Gasteiger partial charge in [0.1, 0.15) is 11.5 Å². The number of carbonyl (C=O) groups is 2. The summed E-state index contributed by atoms with van der Waals surface area (Å²) in [6.07, 6.45) is 1.52. The highest BCUT2D eigenvalue weighted by Crippen LogP contribution is 2.06. The summed E-state index contributed by atoms with van der Waals surface area (Å²) in [5.74, 6) is 1.18. The molecule has 2 aromatic rings. The van der Waals surface area contributed by atoms with Crippen molar-refractivity contribution in [2.24, 2.45) is 0 Å². The van der Waals surface area contributed by atoms with Crippen LogP contribution in [0.3, 0.4) is 0 Å². The van der Waals surface area contributed by atoms with Gasteiger partial charge in [0, 0.05) is 6.07 Å². The first-order valence-electron chi connectivity index (χ1n) is 5.91. The molecule has 0 aromatic carbocycles. The molecule has 0 fully saturated rings. The van der Waals surface area contributed by atoms with Crippen LogP contribution in [0.5, 0.6) is 0 Å². The number of nitrogens with one attached hydrogen (secondary N) is 3. The molecule has 0 aliphatic heterocycles. The van der Waals surface area contributed by atoms with Gasteiger partial charge in [0.25, 0.3) is 0 Å².